The van der Waals surface area contributed by atoms with Crippen molar-refractivity contribution in [2.75, 3.05) is 17.2 Å². The number of para-hydroxylation sites is 1. The van der Waals surface area contributed by atoms with E-state index >= 15 is 0 Å². The van der Waals surface area contributed by atoms with Gasteiger partial charge in [-0.1, -0.05) is 42.5 Å². The van der Waals surface area contributed by atoms with Crippen LogP contribution < -0.4 is 10.6 Å². The second-order valence-electron chi connectivity index (χ2n) is 6.01. The minimum atomic E-state index is 0.581. The summed E-state index contributed by atoms with van der Waals surface area (Å²) in [6.45, 7) is 1.36. The molecular weight excluding hydrogens is 324 g/mol. The lowest BCUT2D eigenvalue weighted by Crippen LogP contribution is -2.10. The maximum atomic E-state index is 5.39. The molecule has 0 unspecified atom stereocenters. The van der Waals surface area contributed by atoms with Crippen molar-refractivity contribution in [1.29, 1.82) is 0 Å². The van der Waals surface area contributed by atoms with Crippen molar-refractivity contribution < 1.29 is 4.42 Å². The van der Waals surface area contributed by atoms with E-state index in [4.69, 9.17) is 4.42 Å². The Morgan fingerprint density at radius 3 is 2.50 bits per heavy atom. The third kappa shape index (κ3) is 3.83. The number of benzene rings is 2. The van der Waals surface area contributed by atoms with Crippen LogP contribution in [0, 0.1) is 0 Å². The molecule has 0 radical (unpaired) electrons. The summed E-state index contributed by atoms with van der Waals surface area (Å²) in [4.78, 5) is 9.28. The number of rotatable bonds is 7. The van der Waals surface area contributed by atoms with Gasteiger partial charge in [-0.15, -0.1) is 0 Å². The molecule has 4 rings (SSSR count). The van der Waals surface area contributed by atoms with E-state index in [0.717, 1.165) is 35.4 Å². The highest BCUT2D eigenvalue weighted by Crippen LogP contribution is 2.22. The fraction of sp³-hybridized carbons (Fsp3) is 0.143. The van der Waals surface area contributed by atoms with Crippen molar-refractivity contribution in [3.63, 3.8) is 0 Å². The summed E-state index contributed by atoms with van der Waals surface area (Å²) >= 11 is 0. The summed E-state index contributed by atoms with van der Waals surface area (Å²) in [5.74, 6) is 2.29. The average Bonchev–Trinajstić information content (AvgIpc) is 3.20. The van der Waals surface area contributed by atoms with Gasteiger partial charge >= 0.3 is 0 Å². The van der Waals surface area contributed by atoms with E-state index in [2.05, 4.69) is 44.9 Å². The maximum Gasteiger partial charge on any atom is 0.225 e. The molecule has 2 heterocycles. The van der Waals surface area contributed by atoms with E-state index in [-0.39, 0.29) is 0 Å². The molecule has 0 amide bonds. The van der Waals surface area contributed by atoms with Gasteiger partial charge in [0.25, 0.3) is 0 Å². The van der Waals surface area contributed by atoms with Crippen LogP contribution in [0.1, 0.15) is 11.3 Å². The molecule has 2 N–H and O–H groups in total. The van der Waals surface area contributed by atoms with E-state index in [9.17, 15) is 0 Å². The summed E-state index contributed by atoms with van der Waals surface area (Å²) in [5.41, 5.74) is 2.20. The zero-order valence-electron chi connectivity index (χ0n) is 14.4. The Morgan fingerprint density at radius 1 is 0.808 bits per heavy atom. The first-order chi connectivity index (χ1) is 12.9. The van der Waals surface area contributed by atoms with Gasteiger partial charge in [-0.2, -0.15) is 4.98 Å². The minimum Gasteiger partial charge on any atom is -0.467 e. The molecule has 0 atom stereocenters. The number of aromatic nitrogens is 2. The Bertz CT molecular complexity index is 968. The molecule has 0 fully saturated rings. The normalized spacial score (nSPS) is 10.8. The number of anilines is 2. The van der Waals surface area contributed by atoms with E-state index in [1.54, 1.807) is 6.26 Å². The number of hydrogen-bond acceptors (Lipinski definition) is 5. The number of nitrogens with one attached hydrogen (secondary N) is 2. The van der Waals surface area contributed by atoms with Gasteiger partial charge in [-0.3, -0.25) is 0 Å². The smallest absolute Gasteiger partial charge is 0.225 e. The van der Waals surface area contributed by atoms with Gasteiger partial charge < -0.3 is 15.1 Å². The molecule has 0 aliphatic carbocycles. The number of fused-ring (bicyclic) bond motifs is 1. The van der Waals surface area contributed by atoms with Gasteiger partial charge in [0.2, 0.25) is 5.95 Å². The predicted molar refractivity (Wildman–Crippen MR) is 104 cm³/mol. The van der Waals surface area contributed by atoms with Crippen molar-refractivity contribution in [3.05, 3.63) is 84.3 Å². The van der Waals surface area contributed by atoms with E-state index < -0.39 is 0 Å². The summed E-state index contributed by atoms with van der Waals surface area (Å²) < 4.78 is 5.39. The monoisotopic (exact) mass is 344 g/mol. The van der Waals surface area contributed by atoms with Crippen LogP contribution in [0.4, 0.5) is 11.8 Å². The van der Waals surface area contributed by atoms with Crippen LogP contribution in [0.25, 0.3) is 10.9 Å². The summed E-state index contributed by atoms with van der Waals surface area (Å²) in [6.07, 6.45) is 2.60. The van der Waals surface area contributed by atoms with Gasteiger partial charge in [0, 0.05) is 11.9 Å². The topological polar surface area (TPSA) is 63.0 Å². The molecule has 5 nitrogen and oxygen atoms in total. The first kappa shape index (κ1) is 16.1. The molecule has 0 aliphatic heterocycles. The van der Waals surface area contributed by atoms with Gasteiger partial charge in [0.15, 0.2) is 0 Å². The second-order valence-corrected chi connectivity index (χ2v) is 6.01. The predicted octanol–water partition coefficient (Wildman–Crippen LogP) is 4.49. The zero-order chi connectivity index (χ0) is 17.6. The quantitative estimate of drug-likeness (QED) is 0.517. The molecule has 5 heteroatoms. The molecular formula is C21H20N4O. The molecule has 26 heavy (non-hydrogen) atoms. The van der Waals surface area contributed by atoms with Crippen molar-refractivity contribution in [2.24, 2.45) is 0 Å². The van der Waals surface area contributed by atoms with E-state index in [1.807, 2.05) is 42.5 Å². The van der Waals surface area contributed by atoms with Gasteiger partial charge in [-0.25, -0.2) is 4.98 Å². The highest BCUT2D eigenvalue weighted by atomic mass is 16.3. The zero-order valence-corrected chi connectivity index (χ0v) is 14.4. The van der Waals surface area contributed by atoms with Gasteiger partial charge in [0.05, 0.1) is 18.3 Å². The maximum absolute atomic E-state index is 5.39. The number of furan rings is 1. The van der Waals surface area contributed by atoms with Crippen LogP contribution in [0.15, 0.2) is 77.4 Å². The average molecular weight is 344 g/mol. The standard InChI is InChI=1S/C21H20N4O/c1-2-7-16(8-3-1)12-13-22-21-24-19-11-5-4-10-18(19)20(25-21)23-15-17-9-6-14-26-17/h1-11,14H,12-13,15H2,(H2,22,23,24,25). The van der Waals surface area contributed by atoms with Gasteiger partial charge in [-0.05, 0) is 36.2 Å². The molecule has 130 valence electrons. The van der Waals surface area contributed by atoms with Gasteiger partial charge in [0.1, 0.15) is 11.6 Å². The molecule has 0 saturated heterocycles. The molecule has 4 aromatic rings. The lowest BCUT2D eigenvalue weighted by atomic mass is 10.1. The highest BCUT2D eigenvalue weighted by Gasteiger charge is 2.08. The summed E-state index contributed by atoms with van der Waals surface area (Å²) in [7, 11) is 0. The lowest BCUT2D eigenvalue weighted by Gasteiger charge is -2.11. The largest absolute Gasteiger partial charge is 0.467 e. The van der Waals surface area contributed by atoms with Crippen LogP contribution in [0.3, 0.4) is 0 Å². The second kappa shape index (κ2) is 7.70. The molecule has 2 aromatic carbocycles. The Labute approximate surface area is 152 Å². The molecule has 0 saturated carbocycles. The Morgan fingerprint density at radius 2 is 1.65 bits per heavy atom. The van der Waals surface area contributed by atoms with Crippen molar-refractivity contribution in [3.8, 4) is 0 Å². The molecule has 2 aromatic heterocycles. The van der Waals surface area contributed by atoms with Crippen LogP contribution in [-0.2, 0) is 13.0 Å². The Kier molecular flexibility index (Phi) is 4.78. The first-order valence-corrected chi connectivity index (χ1v) is 8.69. The Balaban J connectivity index is 1.51. The van der Waals surface area contributed by atoms with Crippen LogP contribution in [0.5, 0.6) is 0 Å². The molecule has 0 spiro atoms. The van der Waals surface area contributed by atoms with Crippen LogP contribution in [0.2, 0.25) is 0 Å². The molecule has 0 bridgehead atoms. The third-order valence-electron chi connectivity index (χ3n) is 4.15. The van der Waals surface area contributed by atoms with Crippen molar-refractivity contribution >= 4 is 22.7 Å². The van der Waals surface area contributed by atoms with Crippen LogP contribution in [-0.4, -0.2) is 16.5 Å². The van der Waals surface area contributed by atoms with Crippen molar-refractivity contribution in [2.45, 2.75) is 13.0 Å². The third-order valence-corrected chi connectivity index (χ3v) is 4.15. The lowest BCUT2D eigenvalue weighted by molar-refractivity contribution is 0.518. The highest BCUT2D eigenvalue weighted by molar-refractivity contribution is 5.89. The molecule has 0 aliphatic rings. The fourth-order valence-electron chi connectivity index (χ4n) is 2.84. The summed E-state index contributed by atoms with van der Waals surface area (Å²) in [6, 6.07) is 22.2. The number of hydrogen-bond donors (Lipinski definition) is 2. The van der Waals surface area contributed by atoms with Crippen LogP contribution >= 0.6 is 0 Å². The van der Waals surface area contributed by atoms with Crippen molar-refractivity contribution in [1.82, 2.24) is 9.97 Å². The Hall–Kier alpha value is -3.34. The fourth-order valence-corrected chi connectivity index (χ4v) is 2.84. The minimum absolute atomic E-state index is 0.581. The summed E-state index contributed by atoms with van der Waals surface area (Å²) in [5, 5.41) is 7.68. The first-order valence-electron chi connectivity index (χ1n) is 8.69. The van der Waals surface area contributed by atoms with E-state index in [1.165, 1.54) is 5.56 Å². The SMILES string of the molecule is c1ccc(CCNc2nc(NCc3ccco3)c3ccccc3n2)cc1. The van der Waals surface area contributed by atoms with E-state index in [0.29, 0.717) is 12.5 Å². The number of nitrogens with zero attached hydrogens (tertiary/aromatic N) is 2.